The van der Waals surface area contributed by atoms with Crippen molar-refractivity contribution in [3.05, 3.63) is 20.8 Å². The zero-order chi connectivity index (χ0) is 11.2. The van der Waals surface area contributed by atoms with E-state index in [0.717, 1.165) is 4.57 Å². The number of rotatable bonds is 1. The van der Waals surface area contributed by atoms with Crippen LogP contribution in [0.5, 0.6) is 0 Å². The van der Waals surface area contributed by atoms with Crippen LogP contribution in [0.3, 0.4) is 0 Å². The highest BCUT2D eigenvalue weighted by Gasteiger charge is 2.12. The van der Waals surface area contributed by atoms with Gasteiger partial charge in [0, 0.05) is 14.1 Å². The van der Waals surface area contributed by atoms with E-state index in [-0.39, 0.29) is 17.1 Å². The second kappa shape index (κ2) is 2.87. The maximum atomic E-state index is 11.6. The van der Waals surface area contributed by atoms with Gasteiger partial charge in [-0.3, -0.25) is 13.9 Å². The molecule has 0 spiro atoms. The summed E-state index contributed by atoms with van der Waals surface area (Å²) in [5.41, 5.74) is 6.20. The molecule has 0 fully saturated rings. The van der Waals surface area contributed by atoms with Crippen LogP contribution in [0.1, 0.15) is 0 Å². The van der Waals surface area contributed by atoms with E-state index in [1.807, 2.05) is 0 Å². The molecule has 0 saturated heterocycles. The van der Waals surface area contributed by atoms with Crippen molar-refractivity contribution in [1.29, 1.82) is 5.53 Å². The van der Waals surface area contributed by atoms with Gasteiger partial charge in [0.2, 0.25) is 5.95 Å². The number of aromatic amines is 1. The fourth-order valence-electron chi connectivity index (χ4n) is 1.37. The van der Waals surface area contributed by atoms with Crippen LogP contribution in [0.2, 0.25) is 0 Å². The predicted molar refractivity (Wildman–Crippen MR) is 51.4 cm³/mol. The Labute approximate surface area is 82.7 Å². The molecule has 2 N–H and O–H groups in total. The quantitative estimate of drug-likeness (QED) is 0.623. The first-order chi connectivity index (χ1) is 7.06. The molecule has 0 aliphatic heterocycles. The van der Waals surface area contributed by atoms with Gasteiger partial charge in [0.15, 0.2) is 11.2 Å². The monoisotopic (exact) mass is 208 g/mol. The van der Waals surface area contributed by atoms with Gasteiger partial charge >= 0.3 is 5.69 Å². The Morgan fingerprint density at radius 3 is 2.60 bits per heavy atom. The number of hydrogen-bond acceptors (Lipinski definition) is 5. The molecule has 15 heavy (non-hydrogen) atoms. The molecule has 2 aromatic heterocycles. The summed E-state index contributed by atoms with van der Waals surface area (Å²) in [4.78, 5) is 29.5. The maximum Gasteiger partial charge on any atom is 0.332 e. The van der Waals surface area contributed by atoms with Crippen LogP contribution in [0.15, 0.2) is 14.7 Å². The minimum absolute atomic E-state index is 0.00306. The number of nitrogens with one attached hydrogen (secondary N) is 2. The summed E-state index contributed by atoms with van der Waals surface area (Å²) in [6.07, 6.45) is 0. The standard InChI is InChI=1S/C7H8N6O2/c1-12-4-3(9-6(10-4)11-8)5(14)13(2)7(12)15/h8H,1-2H3,(H,9,10). The van der Waals surface area contributed by atoms with Gasteiger partial charge in [-0.15, -0.1) is 5.11 Å². The first kappa shape index (κ1) is 9.31. The number of imidazole rings is 1. The van der Waals surface area contributed by atoms with Gasteiger partial charge in [-0.1, -0.05) is 0 Å². The summed E-state index contributed by atoms with van der Waals surface area (Å²) in [6, 6.07) is 0. The predicted octanol–water partition coefficient (Wildman–Crippen LogP) is -0.377. The minimum atomic E-state index is -0.476. The van der Waals surface area contributed by atoms with Gasteiger partial charge in [0.05, 0.1) is 0 Å². The highest BCUT2D eigenvalue weighted by molar-refractivity contribution is 5.71. The SMILES string of the molecule is Cn1c(=O)c2[nH]c(N=N)nc2n(C)c1=O. The summed E-state index contributed by atoms with van der Waals surface area (Å²) in [6.45, 7) is 0. The second-order valence-corrected chi connectivity index (χ2v) is 3.08. The Morgan fingerprint density at radius 1 is 1.33 bits per heavy atom. The lowest BCUT2D eigenvalue weighted by Gasteiger charge is -2.00. The topological polar surface area (TPSA) is 109 Å². The molecule has 8 heteroatoms. The van der Waals surface area contributed by atoms with E-state index in [1.165, 1.54) is 18.7 Å². The van der Waals surface area contributed by atoms with Crippen molar-refractivity contribution in [2.75, 3.05) is 0 Å². The van der Waals surface area contributed by atoms with Crippen LogP contribution in [0, 0.1) is 5.53 Å². The van der Waals surface area contributed by atoms with Crippen molar-refractivity contribution >= 4 is 17.1 Å². The Morgan fingerprint density at radius 2 is 2.00 bits per heavy atom. The zero-order valence-corrected chi connectivity index (χ0v) is 8.11. The molecule has 2 aromatic rings. The molecule has 0 atom stereocenters. The van der Waals surface area contributed by atoms with E-state index in [4.69, 9.17) is 5.53 Å². The maximum absolute atomic E-state index is 11.6. The first-order valence-electron chi connectivity index (χ1n) is 4.09. The molecule has 2 heterocycles. The molecule has 0 aliphatic rings. The average Bonchev–Trinajstić information content (AvgIpc) is 2.67. The molecular weight excluding hydrogens is 200 g/mol. The Kier molecular flexibility index (Phi) is 1.78. The Hall–Kier alpha value is -2.25. The highest BCUT2D eigenvalue weighted by atomic mass is 16.2. The van der Waals surface area contributed by atoms with Crippen LogP contribution in [-0.2, 0) is 14.1 Å². The molecule has 0 bridgehead atoms. The molecule has 2 rings (SSSR count). The summed E-state index contributed by atoms with van der Waals surface area (Å²) >= 11 is 0. The summed E-state index contributed by atoms with van der Waals surface area (Å²) in [7, 11) is 2.88. The van der Waals surface area contributed by atoms with E-state index in [9.17, 15) is 9.59 Å². The van der Waals surface area contributed by atoms with Crippen molar-refractivity contribution in [2.45, 2.75) is 0 Å². The third-order valence-corrected chi connectivity index (χ3v) is 2.19. The Balaban J connectivity index is 3.11. The Bertz CT molecular complexity index is 660. The van der Waals surface area contributed by atoms with Crippen molar-refractivity contribution in [1.82, 2.24) is 19.1 Å². The van der Waals surface area contributed by atoms with E-state index in [2.05, 4.69) is 15.1 Å². The molecule has 0 saturated carbocycles. The smallest absolute Gasteiger partial charge is 0.315 e. The number of fused-ring (bicyclic) bond motifs is 1. The molecule has 0 radical (unpaired) electrons. The van der Waals surface area contributed by atoms with Crippen molar-refractivity contribution in [3.63, 3.8) is 0 Å². The summed E-state index contributed by atoms with van der Waals surface area (Å²) in [5, 5.41) is 3.07. The van der Waals surface area contributed by atoms with Gasteiger partial charge in [0.1, 0.15) is 0 Å². The lowest BCUT2D eigenvalue weighted by atomic mass is 10.5. The van der Waals surface area contributed by atoms with Crippen molar-refractivity contribution in [3.8, 4) is 0 Å². The molecule has 0 aliphatic carbocycles. The summed E-state index contributed by atoms with van der Waals surface area (Å²) in [5.74, 6) is 0.00306. The highest BCUT2D eigenvalue weighted by Crippen LogP contribution is 2.09. The second-order valence-electron chi connectivity index (χ2n) is 3.08. The number of H-pyrrole nitrogens is 1. The molecule has 78 valence electrons. The van der Waals surface area contributed by atoms with Crippen molar-refractivity contribution in [2.24, 2.45) is 19.2 Å². The molecular formula is C7H8N6O2. The van der Waals surface area contributed by atoms with Gasteiger partial charge in [-0.25, -0.2) is 10.3 Å². The molecule has 0 amide bonds. The average molecular weight is 208 g/mol. The van der Waals surface area contributed by atoms with Crippen LogP contribution in [0.4, 0.5) is 5.95 Å². The van der Waals surface area contributed by atoms with E-state index in [1.54, 1.807) is 0 Å². The van der Waals surface area contributed by atoms with Crippen molar-refractivity contribution < 1.29 is 0 Å². The van der Waals surface area contributed by atoms with Crippen LogP contribution < -0.4 is 11.2 Å². The van der Waals surface area contributed by atoms with E-state index in [0.29, 0.717) is 0 Å². The molecule has 8 nitrogen and oxygen atoms in total. The van der Waals surface area contributed by atoms with Gasteiger partial charge < -0.3 is 4.98 Å². The third-order valence-electron chi connectivity index (χ3n) is 2.19. The van der Waals surface area contributed by atoms with Gasteiger partial charge in [-0.05, 0) is 0 Å². The molecule has 0 unspecified atom stereocenters. The molecule has 0 aromatic carbocycles. The first-order valence-corrected chi connectivity index (χ1v) is 4.09. The minimum Gasteiger partial charge on any atom is -0.315 e. The normalized spacial score (nSPS) is 10.8. The number of aryl methyl sites for hydroxylation is 1. The van der Waals surface area contributed by atoms with Gasteiger partial charge in [0.25, 0.3) is 5.56 Å². The largest absolute Gasteiger partial charge is 0.332 e. The van der Waals surface area contributed by atoms with E-state index < -0.39 is 11.2 Å². The zero-order valence-electron chi connectivity index (χ0n) is 8.11. The summed E-state index contributed by atoms with van der Waals surface area (Å²) < 4.78 is 2.19. The fourth-order valence-corrected chi connectivity index (χ4v) is 1.37. The van der Waals surface area contributed by atoms with Gasteiger partial charge in [-0.2, -0.15) is 4.98 Å². The van der Waals surface area contributed by atoms with Crippen LogP contribution in [-0.4, -0.2) is 19.1 Å². The lowest BCUT2D eigenvalue weighted by Crippen LogP contribution is -2.36. The number of aromatic nitrogens is 4. The fraction of sp³-hybridized carbons (Fsp3) is 0.286. The van der Waals surface area contributed by atoms with Crippen LogP contribution >= 0.6 is 0 Å². The van der Waals surface area contributed by atoms with Crippen LogP contribution in [0.25, 0.3) is 11.2 Å². The van der Waals surface area contributed by atoms with E-state index >= 15 is 0 Å². The lowest BCUT2D eigenvalue weighted by molar-refractivity contribution is 0.709. The third kappa shape index (κ3) is 1.11. The number of nitrogens with zero attached hydrogens (tertiary/aromatic N) is 4. The number of hydrogen-bond donors (Lipinski definition) is 2.